The lowest BCUT2D eigenvalue weighted by atomic mass is 10.2. The van der Waals surface area contributed by atoms with Gasteiger partial charge in [0.25, 0.3) is 6.57 Å². The Morgan fingerprint density at radius 3 is 2.17 bits per heavy atom. The van der Waals surface area contributed by atoms with Crippen LogP contribution in [-0.4, -0.2) is 0 Å². The average Bonchev–Trinajstić information content (AvgIpc) is 2.03. The SMILES string of the molecule is C#[N+]c1ccccc1C(F)(F)F. The van der Waals surface area contributed by atoms with Gasteiger partial charge in [-0.05, 0) is 10.9 Å². The summed E-state index contributed by atoms with van der Waals surface area (Å²) in [6.45, 7) is 4.77. The average molecular weight is 172 g/mol. The summed E-state index contributed by atoms with van der Waals surface area (Å²) in [6, 6.07) is 4.88. The largest absolute Gasteiger partial charge is 0.424 e. The van der Waals surface area contributed by atoms with Crippen molar-refractivity contribution in [3.05, 3.63) is 34.7 Å². The first kappa shape index (κ1) is 8.60. The van der Waals surface area contributed by atoms with E-state index >= 15 is 0 Å². The molecular formula is C8H5F3N+. The molecule has 0 saturated carbocycles. The highest BCUT2D eigenvalue weighted by Gasteiger charge is 2.37. The second kappa shape index (κ2) is 2.86. The van der Waals surface area contributed by atoms with Gasteiger partial charge in [0.15, 0.2) is 0 Å². The predicted molar refractivity (Wildman–Crippen MR) is 39.4 cm³/mol. The standard InChI is InChI=1S/C8H5F3N/c1-12-7-5-3-2-4-6(7)8(9,10)11/h1-5H/q+1. The molecule has 0 atom stereocenters. The molecule has 0 aliphatic heterocycles. The van der Waals surface area contributed by atoms with E-state index in [4.69, 9.17) is 6.57 Å². The summed E-state index contributed by atoms with van der Waals surface area (Å²) in [6.07, 6.45) is -4.39. The molecule has 0 fully saturated rings. The molecule has 0 bridgehead atoms. The molecule has 0 unspecified atom stereocenters. The van der Waals surface area contributed by atoms with E-state index in [0.29, 0.717) is 0 Å². The molecule has 4 heteroatoms. The van der Waals surface area contributed by atoms with Crippen molar-refractivity contribution in [3.8, 4) is 6.57 Å². The highest BCUT2D eigenvalue weighted by Crippen LogP contribution is 2.35. The number of nitrogens with zero attached hydrogens (tertiary/aromatic N) is 1. The number of hydrogen-bond acceptors (Lipinski definition) is 0. The maximum absolute atomic E-state index is 12.1. The minimum Gasteiger partial charge on any atom is -0.166 e. The van der Waals surface area contributed by atoms with E-state index in [0.717, 1.165) is 6.07 Å². The molecule has 0 radical (unpaired) electrons. The molecule has 0 N–H and O–H groups in total. The van der Waals surface area contributed by atoms with Crippen LogP contribution in [0.25, 0.3) is 4.85 Å². The van der Waals surface area contributed by atoms with Gasteiger partial charge in [-0.3, -0.25) is 0 Å². The maximum Gasteiger partial charge on any atom is 0.424 e. The first-order chi connectivity index (χ1) is 5.55. The van der Waals surface area contributed by atoms with Crippen molar-refractivity contribution in [2.75, 3.05) is 0 Å². The van der Waals surface area contributed by atoms with Gasteiger partial charge in [0.1, 0.15) is 5.56 Å². The normalized spacial score (nSPS) is 10.8. The molecule has 1 aromatic carbocycles. The van der Waals surface area contributed by atoms with Crippen LogP contribution in [0.5, 0.6) is 0 Å². The number of hydrogen-bond donors (Lipinski definition) is 0. The number of alkyl halides is 3. The smallest absolute Gasteiger partial charge is 0.166 e. The van der Waals surface area contributed by atoms with Crippen molar-refractivity contribution in [1.82, 2.24) is 0 Å². The van der Waals surface area contributed by atoms with Crippen LogP contribution < -0.4 is 0 Å². The summed E-state index contributed by atoms with van der Waals surface area (Å²) >= 11 is 0. The van der Waals surface area contributed by atoms with Crippen LogP contribution >= 0.6 is 0 Å². The Balaban J connectivity index is 3.26. The predicted octanol–water partition coefficient (Wildman–Crippen LogP) is 3.30. The van der Waals surface area contributed by atoms with Crippen molar-refractivity contribution in [3.63, 3.8) is 0 Å². The van der Waals surface area contributed by atoms with Gasteiger partial charge in [-0.1, -0.05) is 12.1 Å². The third kappa shape index (κ3) is 1.56. The van der Waals surface area contributed by atoms with Gasteiger partial charge in [-0.2, -0.15) is 13.2 Å². The third-order valence-corrected chi connectivity index (χ3v) is 1.35. The lowest BCUT2D eigenvalue weighted by molar-refractivity contribution is -0.136. The van der Waals surface area contributed by atoms with Crippen LogP contribution in [0.4, 0.5) is 18.9 Å². The number of para-hydroxylation sites is 1. The molecule has 62 valence electrons. The lowest BCUT2D eigenvalue weighted by Crippen LogP contribution is -2.04. The molecule has 12 heavy (non-hydrogen) atoms. The van der Waals surface area contributed by atoms with Crippen LogP contribution in [0.15, 0.2) is 24.3 Å². The van der Waals surface area contributed by atoms with E-state index < -0.39 is 11.7 Å². The van der Waals surface area contributed by atoms with E-state index in [-0.39, 0.29) is 5.69 Å². The van der Waals surface area contributed by atoms with Crippen molar-refractivity contribution in [1.29, 1.82) is 0 Å². The molecule has 0 aliphatic rings. The molecule has 1 nitrogen and oxygen atoms in total. The number of benzene rings is 1. The Morgan fingerprint density at radius 1 is 1.17 bits per heavy atom. The highest BCUT2D eigenvalue weighted by molar-refractivity contribution is 5.53. The van der Waals surface area contributed by atoms with Gasteiger partial charge in [0, 0.05) is 6.07 Å². The molecule has 1 aromatic rings. The van der Waals surface area contributed by atoms with Crippen molar-refractivity contribution < 1.29 is 13.2 Å². The molecule has 0 saturated heterocycles. The molecule has 0 aliphatic carbocycles. The fourth-order valence-electron chi connectivity index (χ4n) is 0.826. The van der Waals surface area contributed by atoms with Crippen LogP contribution in [0, 0.1) is 6.57 Å². The van der Waals surface area contributed by atoms with Gasteiger partial charge >= 0.3 is 11.9 Å². The fourth-order valence-corrected chi connectivity index (χ4v) is 0.826. The summed E-state index contributed by atoms with van der Waals surface area (Å²) < 4.78 is 36.4. The van der Waals surface area contributed by atoms with Gasteiger partial charge in [0.05, 0.1) is 0 Å². The zero-order chi connectivity index (χ0) is 9.19. The monoisotopic (exact) mass is 172 g/mol. The van der Waals surface area contributed by atoms with Gasteiger partial charge < -0.3 is 0 Å². The number of halogens is 3. The Bertz CT molecular complexity index is 322. The van der Waals surface area contributed by atoms with Crippen LogP contribution in [0.1, 0.15) is 5.56 Å². The Kier molecular flexibility index (Phi) is 2.05. The van der Waals surface area contributed by atoms with Crippen molar-refractivity contribution in [2.45, 2.75) is 6.18 Å². The van der Waals surface area contributed by atoms with Gasteiger partial charge in [0.2, 0.25) is 0 Å². The molecular weight excluding hydrogens is 167 g/mol. The molecule has 0 aromatic heterocycles. The second-order valence-electron chi connectivity index (χ2n) is 2.14. The topological polar surface area (TPSA) is 4.36 Å². The summed E-state index contributed by atoms with van der Waals surface area (Å²) in [5.41, 5.74) is -1.06. The molecule has 0 spiro atoms. The molecule has 0 amide bonds. The van der Waals surface area contributed by atoms with Crippen LogP contribution in [0.3, 0.4) is 0 Å². The molecule has 0 heterocycles. The fraction of sp³-hybridized carbons (Fsp3) is 0.125. The first-order valence-electron chi connectivity index (χ1n) is 3.13. The zero-order valence-corrected chi connectivity index (χ0v) is 5.97. The summed E-state index contributed by atoms with van der Waals surface area (Å²) in [5.74, 6) is 0. The van der Waals surface area contributed by atoms with Gasteiger partial charge in [-0.25, -0.2) is 0 Å². The van der Waals surface area contributed by atoms with Crippen LogP contribution in [0.2, 0.25) is 0 Å². The second-order valence-corrected chi connectivity index (χ2v) is 2.14. The zero-order valence-electron chi connectivity index (χ0n) is 5.97. The first-order valence-corrected chi connectivity index (χ1v) is 3.13. The third-order valence-electron chi connectivity index (χ3n) is 1.35. The Hall–Kier alpha value is -1.50. The van der Waals surface area contributed by atoms with E-state index in [2.05, 4.69) is 4.85 Å². The molecule has 1 rings (SSSR count). The van der Waals surface area contributed by atoms with Crippen LogP contribution in [-0.2, 0) is 6.18 Å². The quantitative estimate of drug-likeness (QED) is 0.565. The highest BCUT2D eigenvalue weighted by atomic mass is 19.4. The maximum atomic E-state index is 12.1. The summed E-state index contributed by atoms with van der Waals surface area (Å²) in [4.78, 5) is 3.02. The van der Waals surface area contributed by atoms with E-state index in [9.17, 15) is 13.2 Å². The minimum atomic E-state index is -4.39. The Labute approximate surface area is 67.3 Å². The van der Waals surface area contributed by atoms with E-state index in [1.165, 1.54) is 18.2 Å². The van der Waals surface area contributed by atoms with Crippen molar-refractivity contribution in [2.24, 2.45) is 0 Å². The Morgan fingerprint density at radius 2 is 1.75 bits per heavy atom. The van der Waals surface area contributed by atoms with E-state index in [1.54, 1.807) is 0 Å². The lowest BCUT2D eigenvalue weighted by Gasteiger charge is -2.02. The number of rotatable bonds is 0. The van der Waals surface area contributed by atoms with E-state index in [1.807, 2.05) is 0 Å². The van der Waals surface area contributed by atoms with Gasteiger partial charge in [-0.15, -0.1) is 0 Å². The minimum absolute atomic E-state index is 0.245. The van der Waals surface area contributed by atoms with Crippen molar-refractivity contribution >= 4 is 5.69 Å². The summed E-state index contributed by atoms with van der Waals surface area (Å²) in [7, 11) is 0. The summed E-state index contributed by atoms with van der Waals surface area (Å²) in [5, 5.41) is 0.